The number of para-hydroxylation sites is 1. The van der Waals surface area contributed by atoms with Crippen molar-refractivity contribution in [1.82, 2.24) is 4.98 Å². The summed E-state index contributed by atoms with van der Waals surface area (Å²) in [7, 11) is -1.71. The van der Waals surface area contributed by atoms with Crippen molar-refractivity contribution in [3.8, 4) is 0 Å². The topological polar surface area (TPSA) is 51.0 Å². The zero-order valence-electron chi connectivity index (χ0n) is 13.9. The molecule has 3 N–H and O–H groups in total. The van der Waals surface area contributed by atoms with Crippen LogP contribution in [0.2, 0.25) is 18.1 Å². The van der Waals surface area contributed by atoms with Crippen LogP contribution in [0.1, 0.15) is 26.3 Å². The highest BCUT2D eigenvalue weighted by atomic mass is 28.4. The molecule has 116 valence electrons. The van der Waals surface area contributed by atoms with Gasteiger partial charge in [0.2, 0.25) is 0 Å². The van der Waals surface area contributed by atoms with Crippen LogP contribution in [0.5, 0.6) is 0 Å². The van der Waals surface area contributed by atoms with Gasteiger partial charge in [0.15, 0.2) is 8.32 Å². The fourth-order valence-corrected chi connectivity index (χ4v) is 3.24. The molecule has 0 radical (unpaired) electrons. The van der Waals surface area contributed by atoms with E-state index in [4.69, 9.17) is 10.2 Å². The molecule has 0 unspecified atom stereocenters. The number of fused-ring (bicyclic) bond motifs is 1. The maximum absolute atomic E-state index is 6.29. The zero-order chi connectivity index (χ0) is 15.7. The zero-order valence-corrected chi connectivity index (χ0v) is 14.9. The van der Waals surface area contributed by atoms with Gasteiger partial charge >= 0.3 is 0 Å². The highest BCUT2D eigenvalue weighted by molar-refractivity contribution is 6.74. The van der Waals surface area contributed by atoms with Crippen LogP contribution in [-0.2, 0) is 10.8 Å². The molecule has 1 atom stereocenters. The molecule has 21 heavy (non-hydrogen) atoms. The molecule has 0 aliphatic rings. The molecule has 0 aliphatic heterocycles. The lowest BCUT2D eigenvalue weighted by molar-refractivity contribution is 0.262. The summed E-state index contributed by atoms with van der Waals surface area (Å²) in [6.45, 7) is 11.9. The molecule has 0 bridgehead atoms. The molecular weight excluding hydrogens is 276 g/mol. The first kappa shape index (κ1) is 16.3. The van der Waals surface area contributed by atoms with E-state index in [1.807, 2.05) is 6.07 Å². The molecule has 0 saturated heterocycles. The fraction of sp³-hybridized carbons (Fsp3) is 0.529. The molecular formula is C17H28N2OSi. The Bertz CT molecular complexity index is 598. The van der Waals surface area contributed by atoms with Crippen molar-refractivity contribution in [2.75, 3.05) is 6.61 Å². The third-order valence-electron chi connectivity index (χ3n) is 4.62. The van der Waals surface area contributed by atoms with Crippen LogP contribution in [0.25, 0.3) is 10.9 Å². The van der Waals surface area contributed by atoms with Gasteiger partial charge in [-0.2, -0.15) is 0 Å². The molecule has 0 aliphatic carbocycles. The van der Waals surface area contributed by atoms with Crippen LogP contribution in [0, 0.1) is 0 Å². The molecule has 2 aromatic rings. The van der Waals surface area contributed by atoms with E-state index in [-0.39, 0.29) is 11.1 Å². The van der Waals surface area contributed by atoms with Crippen LogP contribution in [0.4, 0.5) is 0 Å². The number of nitrogens with two attached hydrogens (primary N) is 1. The predicted octanol–water partition coefficient (Wildman–Crippen LogP) is 4.06. The van der Waals surface area contributed by atoms with Gasteiger partial charge in [0.25, 0.3) is 0 Å². The van der Waals surface area contributed by atoms with Gasteiger partial charge in [0, 0.05) is 29.7 Å². The van der Waals surface area contributed by atoms with Crippen LogP contribution in [0.3, 0.4) is 0 Å². The molecule has 4 heteroatoms. The van der Waals surface area contributed by atoms with Gasteiger partial charge in [-0.15, -0.1) is 0 Å². The summed E-state index contributed by atoms with van der Waals surface area (Å²) >= 11 is 0. The lowest BCUT2D eigenvalue weighted by Crippen LogP contribution is -2.44. The van der Waals surface area contributed by atoms with Gasteiger partial charge < -0.3 is 15.1 Å². The maximum atomic E-state index is 6.29. The number of nitrogens with one attached hydrogen (secondary N) is 1. The first-order valence-corrected chi connectivity index (χ1v) is 10.6. The van der Waals surface area contributed by atoms with Gasteiger partial charge in [-0.1, -0.05) is 39.0 Å². The number of aromatic amines is 1. The molecule has 0 saturated carbocycles. The van der Waals surface area contributed by atoms with Gasteiger partial charge in [0.05, 0.1) is 0 Å². The number of H-pyrrole nitrogens is 1. The maximum Gasteiger partial charge on any atom is 0.192 e. The average Bonchev–Trinajstić information content (AvgIpc) is 2.79. The van der Waals surface area contributed by atoms with E-state index in [1.54, 1.807) is 0 Å². The third-order valence-corrected chi connectivity index (χ3v) is 9.12. The third kappa shape index (κ3) is 3.76. The lowest BCUT2D eigenvalue weighted by Gasteiger charge is -2.36. The second-order valence-corrected chi connectivity index (χ2v) is 12.2. The van der Waals surface area contributed by atoms with Gasteiger partial charge in [-0.3, -0.25) is 0 Å². The predicted molar refractivity (Wildman–Crippen MR) is 93.1 cm³/mol. The smallest absolute Gasteiger partial charge is 0.192 e. The molecule has 0 spiro atoms. The Labute approximate surface area is 129 Å². The molecule has 1 heterocycles. The molecule has 3 nitrogen and oxygen atoms in total. The quantitative estimate of drug-likeness (QED) is 0.818. The van der Waals surface area contributed by atoms with Crippen molar-refractivity contribution in [2.45, 2.75) is 51.4 Å². The summed E-state index contributed by atoms with van der Waals surface area (Å²) in [5.74, 6) is 0. The molecule has 1 aromatic carbocycles. The summed E-state index contributed by atoms with van der Waals surface area (Å²) in [4.78, 5) is 3.30. The fourth-order valence-electron chi connectivity index (χ4n) is 2.17. The number of hydrogen-bond donors (Lipinski definition) is 2. The first-order chi connectivity index (χ1) is 9.71. The molecule has 1 aromatic heterocycles. The highest BCUT2D eigenvalue weighted by Gasteiger charge is 2.37. The summed E-state index contributed by atoms with van der Waals surface area (Å²) < 4.78 is 6.22. The normalized spacial score (nSPS) is 14.6. The molecule has 2 rings (SSSR count). The summed E-state index contributed by atoms with van der Waals surface area (Å²) in [5, 5.41) is 1.49. The van der Waals surface area contributed by atoms with Crippen molar-refractivity contribution in [2.24, 2.45) is 5.73 Å². The van der Waals surface area contributed by atoms with E-state index in [0.717, 1.165) is 6.42 Å². The van der Waals surface area contributed by atoms with E-state index >= 15 is 0 Å². The Morgan fingerprint density at radius 2 is 1.90 bits per heavy atom. The average molecular weight is 305 g/mol. The minimum atomic E-state index is -1.71. The van der Waals surface area contributed by atoms with Crippen molar-refractivity contribution in [3.63, 3.8) is 0 Å². The van der Waals surface area contributed by atoms with E-state index in [0.29, 0.717) is 6.61 Å². The van der Waals surface area contributed by atoms with Gasteiger partial charge in [-0.25, -0.2) is 0 Å². The minimum Gasteiger partial charge on any atom is -0.415 e. The number of aromatic nitrogens is 1. The standard InChI is InChI=1S/C17H28N2OSi/c1-17(2,3)21(4,5)20-12-14(18)10-13-11-19-16-9-7-6-8-15(13)16/h6-9,11,14,19H,10,12,18H2,1-5H3/t14-/m1/s1. The van der Waals surface area contributed by atoms with E-state index in [1.165, 1.54) is 16.5 Å². The SMILES string of the molecule is CC(C)(C)[Si](C)(C)OC[C@H](N)Cc1c[nH]c2ccccc12. The van der Waals surface area contributed by atoms with Crippen molar-refractivity contribution in [3.05, 3.63) is 36.0 Å². The Balaban J connectivity index is 1.98. The Morgan fingerprint density at radius 1 is 1.24 bits per heavy atom. The number of rotatable bonds is 5. The minimum absolute atomic E-state index is 0.0401. The Hall–Kier alpha value is -1.10. The van der Waals surface area contributed by atoms with Crippen molar-refractivity contribution in [1.29, 1.82) is 0 Å². The van der Waals surface area contributed by atoms with E-state index < -0.39 is 8.32 Å². The van der Waals surface area contributed by atoms with Gasteiger partial charge in [0.1, 0.15) is 0 Å². The Kier molecular flexibility index (Phi) is 4.61. The monoisotopic (exact) mass is 304 g/mol. The van der Waals surface area contributed by atoms with Crippen molar-refractivity contribution >= 4 is 19.2 Å². The van der Waals surface area contributed by atoms with Gasteiger partial charge in [-0.05, 0) is 36.2 Å². The molecule has 0 fully saturated rings. The first-order valence-electron chi connectivity index (χ1n) is 7.65. The number of benzene rings is 1. The van der Waals surface area contributed by atoms with Crippen molar-refractivity contribution < 1.29 is 4.43 Å². The lowest BCUT2D eigenvalue weighted by atomic mass is 10.1. The van der Waals surface area contributed by atoms with Crippen LogP contribution in [0.15, 0.2) is 30.5 Å². The largest absolute Gasteiger partial charge is 0.415 e. The number of hydrogen-bond acceptors (Lipinski definition) is 2. The van der Waals surface area contributed by atoms with Crippen LogP contribution < -0.4 is 5.73 Å². The Morgan fingerprint density at radius 3 is 2.57 bits per heavy atom. The second kappa shape index (κ2) is 5.95. The summed E-state index contributed by atoms with van der Waals surface area (Å²) in [6, 6.07) is 8.39. The second-order valence-electron chi connectivity index (χ2n) is 7.40. The summed E-state index contributed by atoms with van der Waals surface area (Å²) in [5.41, 5.74) is 8.74. The van der Waals surface area contributed by atoms with Crippen LogP contribution >= 0.6 is 0 Å². The highest BCUT2D eigenvalue weighted by Crippen LogP contribution is 2.36. The molecule has 0 amide bonds. The summed E-state index contributed by atoms with van der Waals surface area (Å²) in [6.07, 6.45) is 2.91. The van der Waals surface area contributed by atoms with E-state index in [2.05, 4.69) is 63.2 Å². The van der Waals surface area contributed by atoms with Crippen LogP contribution in [-0.4, -0.2) is 26.0 Å². The van der Waals surface area contributed by atoms with E-state index in [9.17, 15) is 0 Å².